The fourth-order valence-electron chi connectivity index (χ4n) is 1.74. The van der Waals surface area contributed by atoms with Gasteiger partial charge in [0.25, 0.3) is 0 Å². The van der Waals surface area contributed by atoms with E-state index in [2.05, 4.69) is 26.2 Å². The normalized spacial score (nSPS) is 10.3. The Morgan fingerprint density at radius 3 is 2.90 bits per heavy atom. The summed E-state index contributed by atoms with van der Waals surface area (Å²) >= 11 is 3.17. The van der Waals surface area contributed by atoms with Crippen molar-refractivity contribution in [3.05, 3.63) is 61.1 Å². The van der Waals surface area contributed by atoms with Gasteiger partial charge in [-0.2, -0.15) is 0 Å². The van der Waals surface area contributed by atoms with Crippen LogP contribution in [0.25, 0.3) is 0 Å². The van der Waals surface area contributed by atoms with Crippen molar-refractivity contribution in [2.75, 3.05) is 12.4 Å². The third kappa shape index (κ3) is 3.02. The molecule has 0 aliphatic heterocycles. The molecule has 104 valence electrons. The van der Waals surface area contributed by atoms with Gasteiger partial charge in [0.2, 0.25) is 0 Å². The van der Waals surface area contributed by atoms with Gasteiger partial charge in [0.15, 0.2) is 0 Å². The van der Waals surface area contributed by atoms with E-state index in [4.69, 9.17) is 0 Å². The van der Waals surface area contributed by atoms with Gasteiger partial charge in [0, 0.05) is 30.0 Å². The Bertz CT molecular complexity index is 714. The van der Waals surface area contributed by atoms with Crippen molar-refractivity contribution in [2.24, 2.45) is 0 Å². The Morgan fingerprint density at radius 2 is 2.25 bits per heavy atom. The second kappa shape index (κ2) is 5.83. The largest absolute Gasteiger partial charge is 0.373 e. The molecule has 0 atom stereocenters. The number of nitro groups is 1. The van der Waals surface area contributed by atoms with E-state index in [1.807, 2.05) is 0 Å². The smallest absolute Gasteiger partial charge is 0.335 e. The molecule has 0 amide bonds. The third-order valence-corrected chi connectivity index (χ3v) is 3.10. The zero-order valence-electron chi connectivity index (χ0n) is 10.5. The highest BCUT2D eigenvalue weighted by Gasteiger charge is 2.16. The molecule has 2 aromatic heterocycles. The van der Waals surface area contributed by atoms with Crippen molar-refractivity contribution in [2.45, 2.75) is 6.54 Å². The first-order valence-corrected chi connectivity index (χ1v) is 6.47. The molecule has 0 aliphatic rings. The van der Waals surface area contributed by atoms with Crippen LogP contribution >= 0.6 is 15.9 Å². The molecule has 7 nitrogen and oxygen atoms in total. The maximum absolute atomic E-state index is 12.0. The fraction of sp³-hybridized carbons (Fsp3) is 0.167. The topological polar surface area (TPSA) is 90.1 Å². The van der Waals surface area contributed by atoms with Crippen LogP contribution in [0.5, 0.6) is 0 Å². The minimum atomic E-state index is -0.685. The van der Waals surface area contributed by atoms with Crippen molar-refractivity contribution >= 4 is 27.4 Å². The van der Waals surface area contributed by atoms with Gasteiger partial charge in [0.1, 0.15) is 5.82 Å². The predicted octanol–water partition coefficient (Wildman–Crippen LogP) is 2.00. The van der Waals surface area contributed by atoms with E-state index in [0.29, 0.717) is 10.3 Å². The molecular formula is C12H11BrN4O3. The van der Waals surface area contributed by atoms with Crippen molar-refractivity contribution in [3.8, 4) is 0 Å². The summed E-state index contributed by atoms with van der Waals surface area (Å²) in [5, 5.41) is 13.7. The molecule has 0 radical (unpaired) electrons. The highest BCUT2D eigenvalue weighted by molar-refractivity contribution is 9.10. The summed E-state index contributed by atoms with van der Waals surface area (Å²) in [5.41, 5.74) is -0.276. The highest BCUT2D eigenvalue weighted by Crippen LogP contribution is 2.15. The maximum Gasteiger partial charge on any atom is 0.335 e. The van der Waals surface area contributed by atoms with Crippen LogP contribution in [0, 0.1) is 10.1 Å². The van der Waals surface area contributed by atoms with E-state index in [9.17, 15) is 14.9 Å². The number of nitrogens with one attached hydrogen (secondary N) is 1. The van der Waals surface area contributed by atoms with Crippen LogP contribution in [-0.4, -0.2) is 21.5 Å². The zero-order valence-corrected chi connectivity index (χ0v) is 12.1. The summed E-state index contributed by atoms with van der Waals surface area (Å²) in [5.74, 6) is 0.667. The third-order valence-electron chi connectivity index (χ3n) is 2.66. The summed E-state index contributed by atoms with van der Waals surface area (Å²) in [7, 11) is 1.74. The van der Waals surface area contributed by atoms with E-state index < -0.39 is 16.2 Å². The SMILES string of the molecule is CNc1cc(Cn2cc(Br)cc([N+](=O)[O-])c2=O)ccn1. The monoisotopic (exact) mass is 338 g/mol. The Labute approximate surface area is 122 Å². The van der Waals surface area contributed by atoms with Gasteiger partial charge in [-0.3, -0.25) is 14.9 Å². The summed E-state index contributed by atoms with van der Waals surface area (Å²) in [6.45, 7) is 0.232. The maximum atomic E-state index is 12.0. The van der Waals surface area contributed by atoms with Crippen molar-refractivity contribution in [3.63, 3.8) is 0 Å². The second-order valence-electron chi connectivity index (χ2n) is 4.03. The second-order valence-corrected chi connectivity index (χ2v) is 4.95. The van der Waals surface area contributed by atoms with Crippen molar-refractivity contribution in [1.82, 2.24) is 9.55 Å². The summed E-state index contributed by atoms with van der Waals surface area (Å²) in [6, 6.07) is 4.73. The van der Waals surface area contributed by atoms with Crippen LogP contribution in [0.15, 0.2) is 39.9 Å². The van der Waals surface area contributed by atoms with Gasteiger partial charge in [-0.05, 0) is 33.6 Å². The average Bonchev–Trinajstić information content (AvgIpc) is 2.42. The molecular weight excluding hydrogens is 328 g/mol. The number of hydrogen-bond donors (Lipinski definition) is 1. The number of nitrogens with zero attached hydrogens (tertiary/aromatic N) is 3. The molecule has 0 saturated carbocycles. The van der Waals surface area contributed by atoms with Crippen LogP contribution in [0.1, 0.15) is 5.56 Å². The number of halogens is 1. The lowest BCUT2D eigenvalue weighted by atomic mass is 10.2. The summed E-state index contributed by atoms with van der Waals surface area (Å²) < 4.78 is 1.77. The first-order chi connectivity index (χ1) is 9.51. The number of anilines is 1. The molecule has 0 fully saturated rings. The Morgan fingerprint density at radius 1 is 1.50 bits per heavy atom. The lowest BCUT2D eigenvalue weighted by Crippen LogP contribution is -2.22. The van der Waals surface area contributed by atoms with Gasteiger partial charge < -0.3 is 9.88 Å². The Kier molecular flexibility index (Phi) is 4.14. The quantitative estimate of drug-likeness (QED) is 0.680. The van der Waals surface area contributed by atoms with Gasteiger partial charge in [-0.15, -0.1) is 0 Å². The molecule has 1 N–H and O–H groups in total. The van der Waals surface area contributed by atoms with E-state index in [0.717, 1.165) is 5.56 Å². The van der Waals surface area contributed by atoms with Gasteiger partial charge in [-0.25, -0.2) is 4.98 Å². The molecule has 0 saturated heterocycles. The van der Waals surface area contributed by atoms with Crippen molar-refractivity contribution in [1.29, 1.82) is 0 Å². The Balaban J connectivity index is 2.43. The lowest BCUT2D eigenvalue weighted by Gasteiger charge is -2.07. The number of hydrogen-bond acceptors (Lipinski definition) is 5. The minimum Gasteiger partial charge on any atom is -0.373 e. The number of rotatable bonds is 4. The Hall–Kier alpha value is -2.22. The van der Waals surface area contributed by atoms with E-state index in [-0.39, 0.29) is 6.54 Å². The van der Waals surface area contributed by atoms with Gasteiger partial charge in [-0.1, -0.05) is 0 Å². The van der Waals surface area contributed by atoms with E-state index >= 15 is 0 Å². The van der Waals surface area contributed by atoms with Crippen LogP contribution in [0.2, 0.25) is 0 Å². The highest BCUT2D eigenvalue weighted by atomic mass is 79.9. The number of aromatic nitrogens is 2. The molecule has 0 aliphatic carbocycles. The van der Waals surface area contributed by atoms with Crippen LogP contribution in [0.3, 0.4) is 0 Å². The van der Waals surface area contributed by atoms with E-state index in [1.165, 1.54) is 16.8 Å². The molecule has 0 unspecified atom stereocenters. The minimum absolute atomic E-state index is 0.232. The predicted molar refractivity (Wildman–Crippen MR) is 77.9 cm³/mol. The molecule has 0 spiro atoms. The lowest BCUT2D eigenvalue weighted by molar-refractivity contribution is -0.386. The average molecular weight is 339 g/mol. The zero-order chi connectivity index (χ0) is 14.7. The fourth-order valence-corrected chi connectivity index (χ4v) is 2.20. The van der Waals surface area contributed by atoms with Crippen LogP contribution < -0.4 is 10.9 Å². The summed E-state index contributed by atoms with van der Waals surface area (Å²) in [4.78, 5) is 26.2. The van der Waals surface area contributed by atoms with Crippen molar-refractivity contribution < 1.29 is 4.92 Å². The molecule has 8 heteroatoms. The van der Waals surface area contributed by atoms with Crippen LogP contribution in [-0.2, 0) is 6.54 Å². The molecule has 2 rings (SSSR count). The molecule has 0 aromatic carbocycles. The van der Waals surface area contributed by atoms with Gasteiger partial charge >= 0.3 is 11.2 Å². The molecule has 20 heavy (non-hydrogen) atoms. The molecule has 2 aromatic rings. The molecule has 0 bridgehead atoms. The number of pyridine rings is 2. The molecule has 2 heterocycles. The first-order valence-electron chi connectivity index (χ1n) is 5.68. The standard InChI is InChI=1S/C12H11BrN4O3/c1-14-11-4-8(2-3-15-11)6-16-7-9(13)5-10(12(16)18)17(19)20/h2-5,7H,6H2,1H3,(H,14,15). The summed E-state index contributed by atoms with van der Waals surface area (Å²) in [6.07, 6.45) is 3.13. The van der Waals surface area contributed by atoms with E-state index in [1.54, 1.807) is 25.4 Å². The first kappa shape index (κ1) is 14.2. The van der Waals surface area contributed by atoms with Gasteiger partial charge in [0.05, 0.1) is 11.5 Å². The van der Waals surface area contributed by atoms with Crippen LogP contribution in [0.4, 0.5) is 11.5 Å².